The first kappa shape index (κ1) is 12.0. The number of carboxylic acid groups (broad SMARTS) is 1. The van der Waals surface area contributed by atoms with Crippen molar-refractivity contribution in [1.29, 1.82) is 0 Å². The minimum absolute atomic E-state index is 0.277. The highest BCUT2D eigenvalue weighted by Crippen LogP contribution is 2.36. The fraction of sp³-hybridized carbons (Fsp3) is 0.429. The lowest BCUT2D eigenvalue weighted by Crippen LogP contribution is -2.43. The molecule has 0 unspecified atom stereocenters. The zero-order valence-electron chi connectivity index (χ0n) is 10.5. The fourth-order valence-corrected chi connectivity index (χ4v) is 2.52. The molecule has 0 saturated heterocycles. The fourth-order valence-electron chi connectivity index (χ4n) is 2.52. The van der Waals surface area contributed by atoms with Crippen LogP contribution >= 0.6 is 0 Å². The number of carbonyl (C=O) groups excluding carboxylic acids is 1. The van der Waals surface area contributed by atoms with Crippen molar-refractivity contribution in [2.24, 2.45) is 0 Å². The molecule has 0 aromatic heterocycles. The average molecular weight is 260 g/mol. The van der Waals surface area contributed by atoms with Crippen LogP contribution in [0.25, 0.3) is 0 Å². The van der Waals surface area contributed by atoms with Gasteiger partial charge in [-0.15, -0.1) is 0 Å². The zero-order chi connectivity index (χ0) is 13.5. The minimum Gasteiger partial charge on any atom is -0.480 e. The van der Waals surface area contributed by atoms with Gasteiger partial charge in [0.2, 0.25) is 0 Å². The van der Waals surface area contributed by atoms with E-state index in [1.54, 1.807) is 6.07 Å². The lowest BCUT2D eigenvalue weighted by Gasteiger charge is -2.21. The van der Waals surface area contributed by atoms with Gasteiger partial charge in [-0.3, -0.25) is 4.79 Å². The van der Waals surface area contributed by atoms with E-state index in [1.807, 2.05) is 12.1 Å². The van der Waals surface area contributed by atoms with Gasteiger partial charge in [0.25, 0.3) is 5.91 Å². The number of carboxylic acids is 1. The lowest BCUT2D eigenvalue weighted by molar-refractivity contribution is -0.140. The number of hydrogen-bond donors (Lipinski definition) is 3. The third-order valence-corrected chi connectivity index (χ3v) is 3.85. The smallest absolute Gasteiger partial charge is 0.329 e. The number of carbonyl (C=O) groups is 2. The molecule has 1 saturated carbocycles. The van der Waals surface area contributed by atoms with Crippen LogP contribution in [0.4, 0.5) is 5.69 Å². The van der Waals surface area contributed by atoms with E-state index < -0.39 is 11.5 Å². The first-order chi connectivity index (χ1) is 9.12. The predicted octanol–water partition coefficient (Wildman–Crippen LogP) is 1.39. The van der Waals surface area contributed by atoms with E-state index in [0.717, 1.165) is 30.6 Å². The minimum atomic E-state index is -1.03. The van der Waals surface area contributed by atoms with Crippen LogP contribution in [-0.2, 0) is 11.2 Å². The summed E-state index contributed by atoms with van der Waals surface area (Å²) >= 11 is 0. The van der Waals surface area contributed by atoms with Crippen molar-refractivity contribution in [3.63, 3.8) is 0 Å². The molecular weight excluding hydrogens is 244 g/mol. The van der Waals surface area contributed by atoms with Crippen molar-refractivity contribution < 1.29 is 14.7 Å². The van der Waals surface area contributed by atoms with Gasteiger partial charge < -0.3 is 15.7 Å². The summed E-state index contributed by atoms with van der Waals surface area (Å²) < 4.78 is 0. The molecule has 5 heteroatoms. The maximum atomic E-state index is 12.3. The normalized spacial score (nSPS) is 18.9. The van der Waals surface area contributed by atoms with Crippen LogP contribution in [0.1, 0.15) is 35.2 Å². The number of nitrogens with one attached hydrogen (secondary N) is 2. The molecule has 1 heterocycles. The molecule has 3 N–H and O–H groups in total. The van der Waals surface area contributed by atoms with E-state index in [9.17, 15) is 9.59 Å². The van der Waals surface area contributed by atoms with E-state index in [4.69, 9.17) is 5.11 Å². The van der Waals surface area contributed by atoms with Crippen LogP contribution in [0.3, 0.4) is 0 Å². The van der Waals surface area contributed by atoms with Crippen molar-refractivity contribution >= 4 is 17.6 Å². The molecule has 3 rings (SSSR count). The van der Waals surface area contributed by atoms with E-state index in [1.165, 1.54) is 0 Å². The van der Waals surface area contributed by atoms with Crippen LogP contribution < -0.4 is 10.6 Å². The van der Waals surface area contributed by atoms with E-state index in [0.29, 0.717) is 18.4 Å². The summed E-state index contributed by atoms with van der Waals surface area (Å²) in [6, 6.07) is 5.54. The Morgan fingerprint density at radius 2 is 2.11 bits per heavy atom. The number of amides is 1. The van der Waals surface area contributed by atoms with E-state index in [2.05, 4.69) is 10.6 Å². The van der Waals surface area contributed by atoms with Gasteiger partial charge in [-0.25, -0.2) is 4.79 Å². The van der Waals surface area contributed by atoms with Crippen LogP contribution in [0, 0.1) is 0 Å². The molecule has 2 aliphatic rings. The largest absolute Gasteiger partial charge is 0.480 e. The Balaban J connectivity index is 1.86. The topological polar surface area (TPSA) is 78.4 Å². The Hall–Kier alpha value is -2.04. The Labute approximate surface area is 111 Å². The molecule has 19 heavy (non-hydrogen) atoms. The summed E-state index contributed by atoms with van der Waals surface area (Å²) in [7, 11) is 0. The maximum Gasteiger partial charge on any atom is 0.329 e. The van der Waals surface area contributed by atoms with Crippen LogP contribution in [0.2, 0.25) is 0 Å². The average Bonchev–Trinajstić information content (AvgIpc) is 3.19. The second kappa shape index (κ2) is 4.26. The molecule has 1 aliphatic carbocycles. The maximum absolute atomic E-state index is 12.3. The molecule has 100 valence electrons. The molecule has 1 amide bonds. The van der Waals surface area contributed by atoms with Crippen molar-refractivity contribution in [3.05, 3.63) is 29.3 Å². The molecule has 0 atom stereocenters. The molecule has 0 spiro atoms. The molecule has 1 aromatic carbocycles. The monoisotopic (exact) mass is 260 g/mol. The molecule has 1 aliphatic heterocycles. The third-order valence-electron chi connectivity index (χ3n) is 3.85. The first-order valence-corrected chi connectivity index (χ1v) is 6.54. The Morgan fingerprint density at radius 3 is 2.79 bits per heavy atom. The van der Waals surface area contributed by atoms with Gasteiger partial charge >= 0.3 is 5.97 Å². The Bertz CT molecular complexity index is 550. The predicted molar refractivity (Wildman–Crippen MR) is 70.3 cm³/mol. The van der Waals surface area contributed by atoms with Crippen LogP contribution in [-0.4, -0.2) is 29.1 Å². The highest BCUT2D eigenvalue weighted by molar-refractivity contribution is 6.01. The van der Waals surface area contributed by atoms with Crippen LogP contribution in [0.5, 0.6) is 0 Å². The van der Waals surface area contributed by atoms with Gasteiger partial charge in [-0.1, -0.05) is 6.07 Å². The number of fused-ring (bicyclic) bond motifs is 1. The van der Waals surface area contributed by atoms with Crippen LogP contribution in [0.15, 0.2) is 18.2 Å². The summed E-state index contributed by atoms with van der Waals surface area (Å²) in [6.45, 7) is 0.914. The van der Waals surface area contributed by atoms with Crippen molar-refractivity contribution in [1.82, 2.24) is 5.32 Å². The summed E-state index contributed by atoms with van der Waals surface area (Å²) in [6.07, 6.45) is 2.87. The first-order valence-electron chi connectivity index (χ1n) is 6.54. The lowest BCUT2D eigenvalue weighted by atomic mass is 9.97. The van der Waals surface area contributed by atoms with Crippen molar-refractivity contribution in [3.8, 4) is 0 Å². The standard InChI is InChI=1S/C14H16N2O3/c17-12(16-14(6-7-14)13(18)19)10-3-1-5-11-9(10)4-2-8-15-11/h1,3,5,15H,2,4,6-8H2,(H,16,17)(H,18,19). The van der Waals surface area contributed by atoms with Gasteiger partial charge in [0.1, 0.15) is 5.54 Å². The highest BCUT2D eigenvalue weighted by atomic mass is 16.4. The molecular formula is C14H16N2O3. The van der Waals surface area contributed by atoms with Crippen molar-refractivity contribution in [2.45, 2.75) is 31.2 Å². The number of aliphatic carboxylic acids is 1. The summed E-state index contributed by atoms with van der Waals surface area (Å²) in [5.74, 6) is -1.22. The van der Waals surface area contributed by atoms with Gasteiger partial charge in [0.05, 0.1) is 0 Å². The van der Waals surface area contributed by atoms with Gasteiger partial charge in [0, 0.05) is 17.8 Å². The summed E-state index contributed by atoms with van der Waals surface area (Å²) in [5.41, 5.74) is 1.55. The number of hydrogen-bond acceptors (Lipinski definition) is 3. The third kappa shape index (κ3) is 2.05. The molecule has 5 nitrogen and oxygen atoms in total. The van der Waals surface area contributed by atoms with Crippen molar-refractivity contribution in [2.75, 3.05) is 11.9 Å². The molecule has 1 aromatic rings. The molecule has 0 radical (unpaired) electrons. The van der Waals surface area contributed by atoms with Gasteiger partial charge in [-0.2, -0.15) is 0 Å². The second-order valence-corrected chi connectivity index (χ2v) is 5.20. The van der Waals surface area contributed by atoms with E-state index >= 15 is 0 Å². The van der Waals surface area contributed by atoms with Gasteiger partial charge in [-0.05, 0) is 43.4 Å². The number of anilines is 1. The zero-order valence-corrected chi connectivity index (χ0v) is 10.5. The molecule has 1 fully saturated rings. The summed E-state index contributed by atoms with van der Waals surface area (Å²) in [5, 5.41) is 15.0. The van der Waals surface area contributed by atoms with E-state index in [-0.39, 0.29) is 5.91 Å². The quantitative estimate of drug-likeness (QED) is 0.767. The Kier molecular flexibility index (Phi) is 2.69. The summed E-state index contributed by atoms with van der Waals surface area (Å²) in [4.78, 5) is 23.4. The number of rotatable bonds is 3. The number of benzene rings is 1. The SMILES string of the molecule is O=C(NC1(C(=O)O)CC1)c1cccc2c1CCCN2. The van der Waals surface area contributed by atoms with Gasteiger partial charge in [0.15, 0.2) is 0 Å². The Morgan fingerprint density at radius 1 is 1.32 bits per heavy atom. The second-order valence-electron chi connectivity index (χ2n) is 5.20. The highest BCUT2D eigenvalue weighted by Gasteiger charge is 2.51. The molecule has 0 bridgehead atoms.